The fraction of sp³-hybridized carbons (Fsp3) is 0.462. The number of carbonyl (C=O) groups is 1. The van der Waals surface area contributed by atoms with Crippen molar-refractivity contribution in [1.82, 2.24) is 4.90 Å². The summed E-state index contributed by atoms with van der Waals surface area (Å²) in [6.07, 6.45) is 2.39. The van der Waals surface area contributed by atoms with Gasteiger partial charge < -0.3 is 5.11 Å². The number of hydrogen-bond donors (Lipinski definition) is 1. The molecule has 0 amide bonds. The molecule has 2 rings (SSSR count). The van der Waals surface area contributed by atoms with E-state index in [0.717, 1.165) is 18.7 Å². The van der Waals surface area contributed by atoms with Crippen LogP contribution in [0.5, 0.6) is 5.75 Å². The van der Waals surface area contributed by atoms with Crippen LogP contribution in [0, 0.1) is 0 Å². The van der Waals surface area contributed by atoms with Crippen molar-refractivity contribution >= 4 is 17.4 Å². The quantitative estimate of drug-likeness (QED) is 0.842. The number of phenols is 1. The molecule has 0 saturated carbocycles. The number of hydrogen-bond acceptors (Lipinski definition) is 3. The van der Waals surface area contributed by atoms with Gasteiger partial charge in [0.05, 0.1) is 5.56 Å². The van der Waals surface area contributed by atoms with E-state index in [1.54, 1.807) is 6.07 Å². The van der Waals surface area contributed by atoms with E-state index in [9.17, 15) is 9.90 Å². The Bertz CT molecular complexity index is 439. The van der Waals surface area contributed by atoms with Crippen LogP contribution in [0.2, 0.25) is 5.02 Å². The van der Waals surface area contributed by atoms with Gasteiger partial charge in [0.15, 0.2) is 5.78 Å². The van der Waals surface area contributed by atoms with E-state index < -0.39 is 0 Å². The molecule has 0 aliphatic carbocycles. The molecule has 1 saturated heterocycles. The minimum atomic E-state index is -0.160. The van der Waals surface area contributed by atoms with Crippen molar-refractivity contribution in [3.63, 3.8) is 0 Å². The Morgan fingerprint density at radius 1 is 1.41 bits per heavy atom. The molecular formula is C13H16ClNO2. The van der Waals surface area contributed by atoms with Crippen molar-refractivity contribution in [3.8, 4) is 5.75 Å². The molecule has 0 aromatic heterocycles. The first kappa shape index (κ1) is 12.4. The van der Waals surface area contributed by atoms with Crippen LogP contribution < -0.4 is 0 Å². The number of ketones is 1. The van der Waals surface area contributed by atoms with E-state index in [-0.39, 0.29) is 11.5 Å². The minimum Gasteiger partial charge on any atom is -0.507 e. The van der Waals surface area contributed by atoms with Gasteiger partial charge in [-0.05, 0) is 45.0 Å². The van der Waals surface area contributed by atoms with Gasteiger partial charge in [-0.3, -0.25) is 9.69 Å². The predicted molar refractivity (Wildman–Crippen MR) is 67.6 cm³/mol. The van der Waals surface area contributed by atoms with Crippen molar-refractivity contribution in [3.05, 3.63) is 28.3 Å². The van der Waals surface area contributed by atoms with Crippen LogP contribution in [0.4, 0.5) is 0 Å². The zero-order chi connectivity index (χ0) is 12.4. The zero-order valence-electron chi connectivity index (χ0n) is 9.87. The fourth-order valence-electron chi connectivity index (χ4n) is 2.23. The number of phenolic OH excluding ortho intramolecular Hbond substituents is 1. The van der Waals surface area contributed by atoms with Gasteiger partial charge in [-0.2, -0.15) is 0 Å². The van der Waals surface area contributed by atoms with Crippen LogP contribution in [0.15, 0.2) is 12.1 Å². The summed E-state index contributed by atoms with van der Waals surface area (Å²) in [5.74, 6) is -0.0820. The zero-order valence-corrected chi connectivity index (χ0v) is 10.6. The highest BCUT2D eigenvalue weighted by atomic mass is 35.5. The molecule has 92 valence electrons. The monoisotopic (exact) mass is 253 g/mol. The van der Waals surface area contributed by atoms with E-state index >= 15 is 0 Å². The lowest BCUT2D eigenvalue weighted by molar-refractivity contribution is 0.101. The summed E-state index contributed by atoms with van der Waals surface area (Å²) in [5.41, 5.74) is 1.05. The maximum absolute atomic E-state index is 11.4. The van der Waals surface area contributed by atoms with E-state index in [1.165, 1.54) is 25.8 Å². The molecule has 0 spiro atoms. The van der Waals surface area contributed by atoms with Crippen molar-refractivity contribution in [2.24, 2.45) is 0 Å². The number of halogens is 1. The van der Waals surface area contributed by atoms with Crippen molar-refractivity contribution in [1.29, 1.82) is 0 Å². The Morgan fingerprint density at radius 2 is 2.06 bits per heavy atom. The third-order valence-electron chi connectivity index (χ3n) is 3.13. The van der Waals surface area contributed by atoms with Gasteiger partial charge in [0.2, 0.25) is 0 Å². The molecule has 1 aromatic rings. The largest absolute Gasteiger partial charge is 0.507 e. The van der Waals surface area contributed by atoms with Gasteiger partial charge in [0.25, 0.3) is 0 Å². The van der Waals surface area contributed by atoms with Gasteiger partial charge in [0.1, 0.15) is 5.75 Å². The molecule has 0 bridgehead atoms. The SMILES string of the molecule is CC(=O)c1cc(Cl)cc(CN2CCCC2)c1O. The highest BCUT2D eigenvalue weighted by Gasteiger charge is 2.17. The smallest absolute Gasteiger partial charge is 0.163 e. The molecule has 17 heavy (non-hydrogen) atoms. The topological polar surface area (TPSA) is 40.5 Å². The normalized spacial score (nSPS) is 16.4. The Hall–Kier alpha value is -1.06. The number of aromatic hydroxyl groups is 1. The summed E-state index contributed by atoms with van der Waals surface area (Å²) >= 11 is 5.97. The second-order valence-corrected chi connectivity index (χ2v) is 4.94. The lowest BCUT2D eigenvalue weighted by atomic mass is 10.1. The van der Waals surface area contributed by atoms with Crippen LogP contribution in [-0.4, -0.2) is 28.9 Å². The van der Waals surface area contributed by atoms with Crippen molar-refractivity contribution in [2.45, 2.75) is 26.3 Å². The Balaban J connectivity index is 2.29. The van der Waals surface area contributed by atoms with Crippen LogP contribution in [0.25, 0.3) is 0 Å². The molecule has 3 nitrogen and oxygen atoms in total. The lowest BCUT2D eigenvalue weighted by Gasteiger charge is -2.16. The first-order valence-electron chi connectivity index (χ1n) is 5.82. The lowest BCUT2D eigenvalue weighted by Crippen LogP contribution is -2.18. The van der Waals surface area contributed by atoms with Crippen molar-refractivity contribution in [2.75, 3.05) is 13.1 Å². The molecule has 1 aliphatic rings. The van der Waals surface area contributed by atoms with Crippen molar-refractivity contribution < 1.29 is 9.90 Å². The minimum absolute atomic E-state index is 0.0776. The Kier molecular flexibility index (Phi) is 3.69. The van der Waals surface area contributed by atoms with Crippen LogP contribution in [0.1, 0.15) is 35.7 Å². The number of likely N-dealkylation sites (tertiary alicyclic amines) is 1. The third kappa shape index (κ3) is 2.79. The van der Waals surface area contributed by atoms with E-state index in [1.807, 2.05) is 0 Å². The molecule has 1 aromatic carbocycles. The molecule has 0 atom stereocenters. The number of nitrogens with zero attached hydrogens (tertiary/aromatic N) is 1. The van der Waals surface area contributed by atoms with Gasteiger partial charge in [0, 0.05) is 17.1 Å². The maximum atomic E-state index is 11.4. The molecule has 1 fully saturated rings. The summed E-state index contributed by atoms with van der Waals surface area (Å²) in [7, 11) is 0. The Labute approximate surface area is 106 Å². The number of benzene rings is 1. The van der Waals surface area contributed by atoms with E-state index in [0.29, 0.717) is 17.1 Å². The molecule has 1 heterocycles. The Morgan fingerprint density at radius 3 is 2.65 bits per heavy atom. The van der Waals surface area contributed by atoms with Crippen LogP contribution in [0.3, 0.4) is 0 Å². The molecule has 1 N–H and O–H groups in total. The maximum Gasteiger partial charge on any atom is 0.163 e. The molecule has 1 aliphatic heterocycles. The average Bonchev–Trinajstić information content (AvgIpc) is 2.75. The highest BCUT2D eigenvalue weighted by Crippen LogP contribution is 2.29. The second-order valence-electron chi connectivity index (χ2n) is 4.50. The van der Waals surface area contributed by atoms with E-state index in [4.69, 9.17) is 11.6 Å². The number of carbonyl (C=O) groups excluding carboxylic acids is 1. The second kappa shape index (κ2) is 5.07. The summed E-state index contributed by atoms with van der Waals surface area (Å²) < 4.78 is 0. The van der Waals surface area contributed by atoms with Gasteiger partial charge in [-0.15, -0.1) is 0 Å². The first-order chi connectivity index (χ1) is 8.08. The summed E-state index contributed by atoms with van der Waals surface area (Å²) in [6.45, 7) is 4.18. The molecule has 0 radical (unpaired) electrons. The molecule has 0 unspecified atom stereocenters. The molecule has 4 heteroatoms. The third-order valence-corrected chi connectivity index (χ3v) is 3.34. The standard InChI is InChI=1S/C13H16ClNO2/c1-9(16)12-7-11(14)6-10(13(12)17)8-15-4-2-3-5-15/h6-7,17H,2-5,8H2,1H3. The van der Waals surface area contributed by atoms with Gasteiger partial charge in [-0.1, -0.05) is 11.6 Å². The van der Waals surface area contributed by atoms with E-state index in [2.05, 4.69) is 4.90 Å². The van der Waals surface area contributed by atoms with Crippen LogP contribution in [-0.2, 0) is 6.54 Å². The fourth-order valence-corrected chi connectivity index (χ4v) is 2.47. The van der Waals surface area contributed by atoms with Gasteiger partial charge >= 0.3 is 0 Å². The highest BCUT2D eigenvalue weighted by molar-refractivity contribution is 6.31. The summed E-state index contributed by atoms with van der Waals surface area (Å²) in [5, 5.41) is 10.5. The average molecular weight is 254 g/mol. The number of Topliss-reactive ketones (excluding diaryl/α,β-unsaturated/α-hetero) is 1. The first-order valence-corrected chi connectivity index (χ1v) is 6.20. The summed E-state index contributed by atoms with van der Waals surface area (Å²) in [6, 6.07) is 3.26. The summed E-state index contributed by atoms with van der Waals surface area (Å²) in [4.78, 5) is 13.6. The van der Waals surface area contributed by atoms with Gasteiger partial charge in [-0.25, -0.2) is 0 Å². The number of rotatable bonds is 3. The predicted octanol–water partition coefficient (Wildman–Crippen LogP) is 2.84. The molecular weight excluding hydrogens is 238 g/mol. The van der Waals surface area contributed by atoms with Crippen LogP contribution >= 0.6 is 11.6 Å².